The van der Waals surface area contributed by atoms with Gasteiger partial charge in [0.15, 0.2) is 0 Å². The zero-order valence-corrected chi connectivity index (χ0v) is 10.7. The molecule has 3 nitrogen and oxygen atoms in total. The largest absolute Gasteiger partial charge is 0.366 e. The lowest BCUT2D eigenvalue weighted by molar-refractivity contribution is 1.08. The van der Waals surface area contributed by atoms with Crippen LogP contribution in [0.2, 0.25) is 5.28 Å². The molecular weight excluding hydrogens is 289 g/mol. The van der Waals surface area contributed by atoms with Crippen molar-refractivity contribution in [2.45, 2.75) is 6.54 Å². The van der Waals surface area contributed by atoms with Gasteiger partial charge >= 0.3 is 0 Å². The van der Waals surface area contributed by atoms with Crippen molar-refractivity contribution in [3.8, 4) is 0 Å². The predicted octanol–water partition coefficient (Wildman–Crippen LogP) is 3.50. The van der Waals surface area contributed by atoms with Crippen LogP contribution in [0.4, 0.5) is 5.82 Å². The highest BCUT2D eigenvalue weighted by atomic mass is 79.9. The summed E-state index contributed by atoms with van der Waals surface area (Å²) < 4.78 is 1.06. The SMILES string of the molecule is Clc1nccc(NCc2cccc(Br)c2)n1. The molecule has 0 unspecified atom stereocenters. The number of rotatable bonds is 3. The molecule has 0 atom stereocenters. The zero-order valence-electron chi connectivity index (χ0n) is 8.32. The Balaban J connectivity index is 2.02. The van der Waals surface area contributed by atoms with Gasteiger partial charge in [-0.2, -0.15) is 0 Å². The fourth-order valence-corrected chi connectivity index (χ4v) is 1.87. The standard InChI is InChI=1S/C11H9BrClN3/c12-9-3-1-2-8(6-9)7-15-10-4-5-14-11(13)16-10/h1-6H,7H2,(H,14,15,16). The summed E-state index contributed by atoms with van der Waals surface area (Å²) in [5.41, 5.74) is 1.17. The third-order valence-corrected chi connectivity index (χ3v) is 2.66. The average Bonchev–Trinajstić information content (AvgIpc) is 2.27. The molecule has 0 amide bonds. The second kappa shape index (κ2) is 5.27. The molecule has 1 aromatic carbocycles. The van der Waals surface area contributed by atoms with Crippen LogP contribution in [-0.2, 0) is 6.54 Å². The van der Waals surface area contributed by atoms with Gasteiger partial charge in [0.05, 0.1) is 0 Å². The van der Waals surface area contributed by atoms with Gasteiger partial charge in [-0.3, -0.25) is 0 Å². The Morgan fingerprint density at radius 1 is 1.31 bits per heavy atom. The van der Waals surface area contributed by atoms with E-state index < -0.39 is 0 Å². The van der Waals surface area contributed by atoms with Crippen LogP contribution in [0.1, 0.15) is 5.56 Å². The first kappa shape index (κ1) is 11.4. The van der Waals surface area contributed by atoms with E-state index in [-0.39, 0.29) is 5.28 Å². The van der Waals surface area contributed by atoms with Crippen LogP contribution in [0, 0.1) is 0 Å². The van der Waals surface area contributed by atoms with Crippen molar-refractivity contribution in [3.05, 3.63) is 51.8 Å². The molecule has 0 spiro atoms. The average molecular weight is 299 g/mol. The number of anilines is 1. The molecule has 5 heteroatoms. The van der Waals surface area contributed by atoms with Crippen LogP contribution in [0.3, 0.4) is 0 Å². The maximum Gasteiger partial charge on any atom is 0.224 e. The molecule has 0 saturated heterocycles. The molecule has 0 aliphatic heterocycles. The Kier molecular flexibility index (Phi) is 3.74. The molecule has 0 bridgehead atoms. The number of aromatic nitrogens is 2. The zero-order chi connectivity index (χ0) is 11.4. The molecule has 0 fully saturated rings. The normalized spacial score (nSPS) is 10.1. The lowest BCUT2D eigenvalue weighted by atomic mass is 10.2. The maximum atomic E-state index is 5.68. The van der Waals surface area contributed by atoms with Gasteiger partial charge in [-0.05, 0) is 35.4 Å². The summed E-state index contributed by atoms with van der Waals surface area (Å²) in [6.07, 6.45) is 1.62. The van der Waals surface area contributed by atoms with Crippen LogP contribution in [0.5, 0.6) is 0 Å². The fraction of sp³-hybridized carbons (Fsp3) is 0.0909. The number of hydrogen-bond acceptors (Lipinski definition) is 3. The molecule has 82 valence electrons. The Bertz CT molecular complexity index is 445. The van der Waals surface area contributed by atoms with E-state index in [9.17, 15) is 0 Å². The van der Waals surface area contributed by atoms with Crippen molar-refractivity contribution in [2.75, 3.05) is 5.32 Å². The van der Waals surface area contributed by atoms with Crippen LogP contribution < -0.4 is 5.32 Å². The van der Waals surface area contributed by atoms with E-state index in [1.54, 1.807) is 12.3 Å². The summed E-state index contributed by atoms with van der Waals surface area (Å²) in [6, 6.07) is 9.86. The number of benzene rings is 1. The highest BCUT2D eigenvalue weighted by Crippen LogP contribution is 2.13. The van der Waals surface area contributed by atoms with Crippen LogP contribution in [-0.4, -0.2) is 9.97 Å². The molecule has 1 aromatic heterocycles. The molecular formula is C11H9BrClN3. The highest BCUT2D eigenvalue weighted by Gasteiger charge is 1.97. The molecule has 0 aliphatic carbocycles. The summed E-state index contributed by atoms with van der Waals surface area (Å²) in [5, 5.41) is 3.42. The predicted molar refractivity (Wildman–Crippen MR) is 68.5 cm³/mol. The number of nitrogens with zero attached hydrogens (tertiary/aromatic N) is 2. The summed E-state index contributed by atoms with van der Waals surface area (Å²) >= 11 is 9.11. The van der Waals surface area contributed by atoms with Crippen LogP contribution >= 0.6 is 27.5 Å². The highest BCUT2D eigenvalue weighted by molar-refractivity contribution is 9.10. The topological polar surface area (TPSA) is 37.8 Å². The monoisotopic (exact) mass is 297 g/mol. The van der Waals surface area contributed by atoms with Gasteiger partial charge in [0.2, 0.25) is 5.28 Å². The van der Waals surface area contributed by atoms with Crippen molar-refractivity contribution in [1.29, 1.82) is 0 Å². The van der Waals surface area contributed by atoms with E-state index in [0.717, 1.165) is 10.3 Å². The number of nitrogens with one attached hydrogen (secondary N) is 1. The van der Waals surface area contributed by atoms with Crippen molar-refractivity contribution >= 4 is 33.3 Å². The summed E-state index contributed by atoms with van der Waals surface area (Å²) in [4.78, 5) is 7.86. The van der Waals surface area contributed by atoms with Crippen molar-refractivity contribution in [2.24, 2.45) is 0 Å². The molecule has 0 saturated carbocycles. The van der Waals surface area contributed by atoms with Gasteiger partial charge in [-0.15, -0.1) is 0 Å². The van der Waals surface area contributed by atoms with Gasteiger partial charge in [-0.25, -0.2) is 9.97 Å². The molecule has 16 heavy (non-hydrogen) atoms. The minimum absolute atomic E-state index is 0.249. The number of halogens is 2. The minimum atomic E-state index is 0.249. The van der Waals surface area contributed by atoms with Crippen molar-refractivity contribution in [3.63, 3.8) is 0 Å². The molecule has 0 aliphatic rings. The van der Waals surface area contributed by atoms with Gasteiger partial charge in [-0.1, -0.05) is 28.1 Å². The molecule has 2 rings (SSSR count). The Labute approximate surface area is 107 Å². The second-order valence-corrected chi connectivity index (χ2v) is 4.45. The summed E-state index contributed by atoms with van der Waals surface area (Å²) in [7, 11) is 0. The van der Waals surface area contributed by atoms with Gasteiger partial charge < -0.3 is 5.32 Å². The van der Waals surface area contributed by atoms with Gasteiger partial charge in [0.1, 0.15) is 5.82 Å². The first-order chi connectivity index (χ1) is 7.74. The second-order valence-electron chi connectivity index (χ2n) is 3.19. The molecule has 1 N–H and O–H groups in total. The maximum absolute atomic E-state index is 5.68. The Morgan fingerprint density at radius 2 is 2.19 bits per heavy atom. The lowest BCUT2D eigenvalue weighted by Crippen LogP contribution is -2.01. The third kappa shape index (κ3) is 3.18. The van der Waals surface area contributed by atoms with Crippen molar-refractivity contribution < 1.29 is 0 Å². The Morgan fingerprint density at radius 3 is 2.94 bits per heavy atom. The van der Waals surface area contributed by atoms with E-state index >= 15 is 0 Å². The van der Waals surface area contributed by atoms with E-state index in [4.69, 9.17) is 11.6 Å². The van der Waals surface area contributed by atoms with Gasteiger partial charge in [0, 0.05) is 17.2 Å². The van der Waals surface area contributed by atoms with Crippen molar-refractivity contribution in [1.82, 2.24) is 9.97 Å². The molecule has 2 aromatic rings. The minimum Gasteiger partial charge on any atom is -0.366 e. The van der Waals surface area contributed by atoms with E-state index in [1.807, 2.05) is 18.2 Å². The van der Waals surface area contributed by atoms with Crippen LogP contribution in [0.15, 0.2) is 41.0 Å². The first-order valence-electron chi connectivity index (χ1n) is 4.71. The number of hydrogen-bond donors (Lipinski definition) is 1. The van der Waals surface area contributed by atoms with Crippen LogP contribution in [0.25, 0.3) is 0 Å². The summed E-state index contributed by atoms with van der Waals surface area (Å²) in [6.45, 7) is 0.701. The van der Waals surface area contributed by atoms with Gasteiger partial charge in [0.25, 0.3) is 0 Å². The molecule has 0 radical (unpaired) electrons. The van der Waals surface area contributed by atoms with E-state index in [1.165, 1.54) is 5.56 Å². The first-order valence-corrected chi connectivity index (χ1v) is 5.88. The van der Waals surface area contributed by atoms with E-state index in [2.05, 4.69) is 37.3 Å². The Hall–Kier alpha value is -1.13. The summed E-state index contributed by atoms with van der Waals surface area (Å²) in [5.74, 6) is 0.722. The molecule has 1 heterocycles. The lowest BCUT2D eigenvalue weighted by Gasteiger charge is -2.05. The smallest absolute Gasteiger partial charge is 0.224 e. The quantitative estimate of drug-likeness (QED) is 0.881. The van der Waals surface area contributed by atoms with E-state index in [0.29, 0.717) is 6.54 Å². The fourth-order valence-electron chi connectivity index (χ4n) is 1.27. The third-order valence-electron chi connectivity index (χ3n) is 1.99.